The van der Waals surface area contributed by atoms with Crippen LogP contribution in [0.4, 0.5) is 0 Å². The Kier molecular flexibility index (Phi) is 2.02. The van der Waals surface area contributed by atoms with E-state index in [1.165, 1.54) is 6.42 Å². The van der Waals surface area contributed by atoms with E-state index >= 15 is 0 Å². The van der Waals surface area contributed by atoms with E-state index in [9.17, 15) is 0 Å². The monoisotopic (exact) mass is 140 g/mol. The molecule has 0 spiro atoms. The summed E-state index contributed by atoms with van der Waals surface area (Å²) in [4.78, 5) is 0. The van der Waals surface area contributed by atoms with Gasteiger partial charge < -0.3 is 4.74 Å². The van der Waals surface area contributed by atoms with Gasteiger partial charge >= 0.3 is 0 Å². The van der Waals surface area contributed by atoms with E-state index in [0.29, 0.717) is 11.5 Å². The van der Waals surface area contributed by atoms with Crippen LogP contribution in [-0.4, -0.2) is 6.10 Å². The van der Waals surface area contributed by atoms with Gasteiger partial charge in [0, 0.05) is 5.41 Å². The Labute approximate surface area is 63.1 Å². The number of rotatable bonds is 2. The smallest absolute Gasteiger partial charge is 0.106 e. The summed E-state index contributed by atoms with van der Waals surface area (Å²) in [5.74, 6) is 0. The predicted molar refractivity (Wildman–Crippen MR) is 42.7 cm³/mol. The summed E-state index contributed by atoms with van der Waals surface area (Å²) >= 11 is 0. The fourth-order valence-electron chi connectivity index (χ4n) is 1.46. The maximum Gasteiger partial charge on any atom is 0.106 e. The van der Waals surface area contributed by atoms with Crippen molar-refractivity contribution in [1.29, 1.82) is 0 Å². The maximum absolute atomic E-state index is 5.43. The molecule has 1 unspecified atom stereocenters. The molecule has 58 valence electrons. The SMILES string of the molecule is CCC1OC=C[C@@]1(C)CC. The summed E-state index contributed by atoms with van der Waals surface area (Å²) < 4.78 is 5.43. The average molecular weight is 140 g/mol. The maximum atomic E-state index is 5.43. The van der Waals surface area contributed by atoms with Crippen LogP contribution in [0.3, 0.4) is 0 Å². The van der Waals surface area contributed by atoms with Crippen molar-refractivity contribution >= 4 is 0 Å². The molecule has 1 heteroatoms. The van der Waals surface area contributed by atoms with E-state index < -0.39 is 0 Å². The second-order valence-corrected chi connectivity index (χ2v) is 3.20. The Balaban J connectivity index is 2.64. The van der Waals surface area contributed by atoms with Gasteiger partial charge in [-0.05, 0) is 18.9 Å². The Bertz CT molecular complexity index is 140. The first-order valence-corrected chi connectivity index (χ1v) is 4.06. The van der Waals surface area contributed by atoms with E-state index in [4.69, 9.17) is 4.74 Å². The summed E-state index contributed by atoms with van der Waals surface area (Å²) in [6.07, 6.45) is 6.72. The van der Waals surface area contributed by atoms with Crippen LogP contribution >= 0.6 is 0 Å². The van der Waals surface area contributed by atoms with Gasteiger partial charge in [0.15, 0.2) is 0 Å². The predicted octanol–water partition coefficient (Wildman–Crippen LogP) is 2.73. The van der Waals surface area contributed by atoms with E-state index in [0.717, 1.165) is 6.42 Å². The van der Waals surface area contributed by atoms with Crippen LogP contribution in [0.15, 0.2) is 12.3 Å². The first kappa shape index (κ1) is 7.64. The highest BCUT2D eigenvalue weighted by Gasteiger charge is 2.33. The van der Waals surface area contributed by atoms with Crippen molar-refractivity contribution in [2.24, 2.45) is 5.41 Å². The van der Waals surface area contributed by atoms with Crippen LogP contribution in [0.1, 0.15) is 33.6 Å². The summed E-state index contributed by atoms with van der Waals surface area (Å²) in [6.45, 7) is 6.64. The molecule has 1 heterocycles. The van der Waals surface area contributed by atoms with Gasteiger partial charge in [0.1, 0.15) is 6.10 Å². The Hall–Kier alpha value is -0.460. The van der Waals surface area contributed by atoms with Gasteiger partial charge in [-0.25, -0.2) is 0 Å². The third kappa shape index (κ3) is 1.05. The van der Waals surface area contributed by atoms with E-state index in [1.807, 2.05) is 6.26 Å². The molecule has 0 saturated carbocycles. The first-order chi connectivity index (χ1) is 4.73. The lowest BCUT2D eigenvalue weighted by atomic mass is 9.82. The lowest BCUT2D eigenvalue weighted by Crippen LogP contribution is -2.26. The lowest BCUT2D eigenvalue weighted by molar-refractivity contribution is 0.0797. The summed E-state index contributed by atoms with van der Waals surface area (Å²) in [5, 5.41) is 0. The van der Waals surface area contributed by atoms with Crippen LogP contribution in [0.5, 0.6) is 0 Å². The molecule has 0 aromatic rings. The van der Waals surface area contributed by atoms with Gasteiger partial charge in [0.05, 0.1) is 6.26 Å². The molecule has 0 aromatic carbocycles. The second-order valence-electron chi connectivity index (χ2n) is 3.20. The fraction of sp³-hybridized carbons (Fsp3) is 0.778. The minimum absolute atomic E-state index is 0.300. The molecular formula is C9H16O. The molecule has 2 atom stereocenters. The van der Waals surface area contributed by atoms with Crippen molar-refractivity contribution < 1.29 is 4.74 Å². The summed E-state index contributed by atoms with van der Waals surface area (Å²) in [6, 6.07) is 0. The van der Waals surface area contributed by atoms with Gasteiger partial charge in [-0.2, -0.15) is 0 Å². The molecule has 1 nitrogen and oxygen atoms in total. The highest BCUT2D eigenvalue weighted by molar-refractivity contribution is 5.03. The number of ether oxygens (including phenoxy) is 1. The normalized spacial score (nSPS) is 38.1. The summed E-state index contributed by atoms with van der Waals surface area (Å²) in [7, 11) is 0. The minimum Gasteiger partial charge on any atom is -0.497 e. The zero-order valence-corrected chi connectivity index (χ0v) is 7.05. The molecule has 1 aliphatic heterocycles. The number of hydrogen-bond acceptors (Lipinski definition) is 1. The molecule has 10 heavy (non-hydrogen) atoms. The van der Waals surface area contributed by atoms with Crippen LogP contribution in [-0.2, 0) is 4.74 Å². The van der Waals surface area contributed by atoms with Gasteiger partial charge in [-0.1, -0.05) is 20.8 Å². The third-order valence-corrected chi connectivity index (χ3v) is 2.56. The average Bonchev–Trinajstić information content (AvgIpc) is 2.32. The Morgan fingerprint density at radius 2 is 2.20 bits per heavy atom. The van der Waals surface area contributed by atoms with Crippen molar-refractivity contribution in [3.63, 3.8) is 0 Å². The Morgan fingerprint density at radius 3 is 2.60 bits per heavy atom. The first-order valence-electron chi connectivity index (χ1n) is 4.06. The van der Waals surface area contributed by atoms with Gasteiger partial charge in [0.2, 0.25) is 0 Å². The highest BCUT2D eigenvalue weighted by Crippen LogP contribution is 2.36. The minimum atomic E-state index is 0.300. The van der Waals surface area contributed by atoms with Crippen LogP contribution in [0.2, 0.25) is 0 Å². The summed E-state index contributed by atoms with van der Waals surface area (Å²) in [5.41, 5.74) is 0.300. The fourth-order valence-corrected chi connectivity index (χ4v) is 1.46. The molecule has 0 aromatic heterocycles. The second kappa shape index (κ2) is 2.65. The van der Waals surface area contributed by atoms with E-state index in [2.05, 4.69) is 26.8 Å². The lowest BCUT2D eigenvalue weighted by Gasteiger charge is -2.26. The molecule has 1 rings (SSSR count). The van der Waals surface area contributed by atoms with Crippen molar-refractivity contribution in [1.82, 2.24) is 0 Å². The Morgan fingerprint density at radius 1 is 1.50 bits per heavy atom. The molecule has 0 N–H and O–H groups in total. The standard InChI is InChI=1S/C9H16O/c1-4-8-9(3,5-2)6-7-10-8/h6-8H,4-5H2,1-3H3/t8?,9-/m1/s1. The van der Waals surface area contributed by atoms with Crippen molar-refractivity contribution in [2.45, 2.75) is 39.7 Å². The van der Waals surface area contributed by atoms with Gasteiger partial charge in [-0.15, -0.1) is 0 Å². The molecule has 0 fully saturated rings. The van der Waals surface area contributed by atoms with Crippen molar-refractivity contribution in [2.75, 3.05) is 0 Å². The van der Waals surface area contributed by atoms with Gasteiger partial charge in [0.25, 0.3) is 0 Å². The van der Waals surface area contributed by atoms with E-state index in [-0.39, 0.29) is 0 Å². The van der Waals surface area contributed by atoms with Crippen LogP contribution in [0.25, 0.3) is 0 Å². The topological polar surface area (TPSA) is 9.23 Å². The zero-order chi connectivity index (χ0) is 7.61. The largest absolute Gasteiger partial charge is 0.497 e. The van der Waals surface area contributed by atoms with Crippen molar-refractivity contribution in [3.8, 4) is 0 Å². The van der Waals surface area contributed by atoms with E-state index in [1.54, 1.807) is 0 Å². The molecule has 0 aliphatic carbocycles. The zero-order valence-electron chi connectivity index (χ0n) is 7.05. The third-order valence-electron chi connectivity index (χ3n) is 2.56. The molecule has 0 saturated heterocycles. The molecule has 0 amide bonds. The van der Waals surface area contributed by atoms with Crippen LogP contribution in [0, 0.1) is 5.41 Å². The molecule has 0 bridgehead atoms. The highest BCUT2D eigenvalue weighted by atomic mass is 16.5. The molecule has 0 radical (unpaired) electrons. The number of hydrogen-bond donors (Lipinski definition) is 0. The van der Waals surface area contributed by atoms with Crippen molar-refractivity contribution in [3.05, 3.63) is 12.3 Å². The van der Waals surface area contributed by atoms with Gasteiger partial charge in [-0.3, -0.25) is 0 Å². The molecule has 1 aliphatic rings. The van der Waals surface area contributed by atoms with Crippen LogP contribution < -0.4 is 0 Å². The quantitative estimate of drug-likeness (QED) is 0.573. The molecular weight excluding hydrogens is 124 g/mol.